The number of nitrogens with one attached hydrogen (secondary N) is 2. The molecule has 0 spiro atoms. The van der Waals surface area contributed by atoms with E-state index in [0.717, 1.165) is 5.92 Å². The fourth-order valence-corrected chi connectivity index (χ4v) is 7.16. The molecule has 0 amide bonds. The van der Waals surface area contributed by atoms with Crippen LogP contribution in [-0.4, -0.2) is 14.5 Å². The molecule has 0 unspecified atom stereocenters. The largest absolute Gasteiger partial charge is 0.355 e. The maximum atomic E-state index is 3.57. The Kier molecular flexibility index (Phi) is 6.77. The fourth-order valence-electron chi connectivity index (χ4n) is 7.16. The Morgan fingerprint density at radius 1 is 0.426 bits per heavy atom. The monoisotopic (exact) mass is 611 g/mol. The van der Waals surface area contributed by atoms with Crippen molar-refractivity contribution in [3.05, 3.63) is 121 Å². The number of H-pyrrole nitrogens is 2. The Hall–Kier alpha value is -5.28. The summed E-state index contributed by atoms with van der Waals surface area (Å²) in [6, 6.07) is 44.7. The summed E-state index contributed by atoms with van der Waals surface area (Å²) in [6.07, 6.45) is 0. The molecule has 0 aliphatic heterocycles. The number of hydrogen-bond acceptors (Lipinski definition) is 0. The molecule has 0 aliphatic rings. The number of benzene rings is 6. The van der Waals surface area contributed by atoms with Gasteiger partial charge in [-0.05, 0) is 110 Å². The second-order valence-electron chi connectivity index (χ2n) is 14.6. The summed E-state index contributed by atoms with van der Waals surface area (Å²) in [4.78, 5) is 7.13. The molecule has 6 aromatic carbocycles. The van der Waals surface area contributed by atoms with Crippen LogP contribution in [0.2, 0.25) is 0 Å². The molecule has 232 valence electrons. The van der Waals surface area contributed by atoms with Crippen molar-refractivity contribution in [1.29, 1.82) is 0 Å². The van der Waals surface area contributed by atoms with E-state index in [1.807, 2.05) is 0 Å². The lowest BCUT2D eigenvalue weighted by atomic mass is 9.98. The molecule has 0 fully saturated rings. The molecule has 3 aromatic heterocycles. The topological polar surface area (TPSA) is 36.5 Å². The minimum Gasteiger partial charge on any atom is -0.355 e. The van der Waals surface area contributed by atoms with Gasteiger partial charge in [-0.2, -0.15) is 0 Å². The maximum Gasteiger partial charge on any atom is 0.0496 e. The van der Waals surface area contributed by atoms with E-state index in [1.165, 1.54) is 87.7 Å². The fraction of sp³-hybridized carbons (Fsp3) is 0.182. The molecule has 0 atom stereocenters. The summed E-state index contributed by atoms with van der Waals surface area (Å²) in [7, 11) is 0. The summed E-state index contributed by atoms with van der Waals surface area (Å²) in [5, 5.41) is 7.64. The maximum absolute atomic E-state index is 3.57. The first-order chi connectivity index (χ1) is 22.7. The van der Waals surface area contributed by atoms with Crippen molar-refractivity contribution >= 4 is 65.4 Å². The Morgan fingerprint density at radius 2 is 0.766 bits per heavy atom. The van der Waals surface area contributed by atoms with Gasteiger partial charge < -0.3 is 14.5 Å². The third kappa shape index (κ3) is 4.98. The van der Waals surface area contributed by atoms with Gasteiger partial charge in [0.25, 0.3) is 0 Å². The summed E-state index contributed by atoms with van der Waals surface area (Å²) >= 11 is 0. The van der Waals surface area contributed by atoms with E-state index in [9.17, 15) is 0 Å². The van der Waals surface area contributed by atoms with Gasteiger partial charge in [0, 0.05) is 71.0 Å². The van der Waals surface area contributed by atoms with Gasteiger partial charge in [0.1, 0.15) is 0 Å². The Bertz CT molecular complexity index is 2420. The normalized spacial score (nSPS) is 12.2. The van der Waals surface area contributed by atoms with E-state index in [2.05, 4.69) is 177 Å². The van der Waals surface area contributed by atoms with Crippen LogP contribution in [0.15, 0.2) is 121 Å². The van der Waals surface area contributed by atoms with Crippen LogP contribution in [-0.2, 0) is 5.54 Å². The Labute approximate surface area is 275 Å². The first-order valence-corrected chi connectivity index (χ1v) is 16.8. The first kappa shape index (κ1) is 29.1. The molecule has 0 radical (unpaired) electrons. The number of aromatic nitrogens is 3. The smallest absolute Gasteiger partial charge is 0.0496 e. The zero-order valence-corrected chi connectivity index (χ0v) is 28.1. The molecule has 3 nitrogen and oxygen atoms in total. The number of nitrogens with zero attached hydrogens (tertiary/aromatic N) is 1. The lowest BCUT2D eigenvalue weighted by Gasteiger charge is -2.24. The molecule has 0 saturated heterocycles. The summed E-state index contributed by atoms with van der Waals surface area (Å²) in [5.41, 5.74) is 12.1. The standard InChI is InChI=1S/C40H31N3.C4H10/c1-40(2,3)43-38-18-14-26(24-12-16-36-30(20-24)28-8-4-6-10-34(28)41-36)22-32(38)33-23-27(15-19-39(33)43)25-13-17-37-31(21-25)29-9-5-7-11-35(29)42-37;1-4(2)3/h4-23,41-42H,1-3H3;4H,1-3H3. The van der Waals surface area contributed by atoms with Gasteiger partial charge in [0.05, 0.1) is 0 Å². The second-order valence-corrected chi connectivity index (χ2v) is 14.6. The molecule has 9 rings (SSSR count). The van der Waals surface area contributed by atoms with Crippen molar-refractivity contribution in [2.24, 2.45) is 5.92 Å². The van der Waals surface area contributed by atoms with Crippen molar-refractivity contribution in [2.45, 2.75) is 47.1 Å². The van der Waals surface area contributed by atoms with E-state index < -0.39 is 0 Å². The summed E-state index contributed by atoms with van der Waals surface area (Å²) < 4.78 is 2.50. The lowest BCUT2D eigenvalue weighted by Crippen LogP contribution is -2.21. The van der Waals surface area contributed by atoms with Crippen LogP contribution in [0.3, 0.4) is 0 Å². The molecule has 47 heavy (non-hydrogen) atoms. The number of fused-ring (bicyclic) bond motifs is 9. The first-order valence-electron chi connectivity index (χ1n) is 16.8. The van der Waals surface area contributed by atoms with Crippen molar-refractivity contribution in [3.8, 4) is 22.3 Å². The molecule has 0 saturated carbocycles. The predicted molar refractivity (Wildman–Crippen MR) is 205 cm³/mol. The van der Waals surface area contributed by atoms with Gasteiger partial charge in [-0.3, -0.25) is 0 Å². The van der Waals surface area contributed by atoms with Crippen LogP contribution in [0.1, 0.15) is 41.5 Å². The van der Waals surface area contributed by atoms with E-state index in [4.69, 9.17) is 0 Å². The van der Waals surface area contributed by atoms with Crippen molar-refractivity contribution < 1.29 is 0 Å². The van der Waals surface area contributed by atoms with Crippen LogP contribution >= 0.6 is 0 Å². The van der Waals surface area contributed by atoms with Crippen LogP contribution in [0.4, 0.5) is 0 Å². The molecule has 0 bridgehead atoms. The minimum absolute atomic E-state index is 0.0606. The van der Waals surface area contributed by atoms with Gasteiger partial charge in [0.2, 0.25) is 0 Å². The van der Waals surface area contributed by atoms with E-state index >= 15 is 0 Å². The van der Waals surface area contributed by atoms with Crippen LogP contribution in [0.25, 0.3) is 87.7 Å². The Balaban J connectivity index is 0.000000769. The van der Waals surface area contributed by atoms with E-state index in [-0.39, 0.29) is 5.54 Å². The van der Waals surface area contributed by atoms with E-state index in [0.29, 0.717) is 0 Å². The number of aromatic amines is 2. The zero-order valence-electron chi connectivity index (χ0n) is 28.1. The number of rotatable bonds is 2. The molecule has 2 N–H and O–H groups in total. The molecular formula is C44H41N3. The van der Waals surface area contributed by atoms with Crippen LogP contribution < -0.4 is 0 Å². The van der Waals surface area contributed by atoms with Gasteiger partial charge in [-0.1, -0.05) is 81.4 Å². The minimum atomic E-state index is -0.0606. The van der Waals surface area contributed by atoms with Crippen LogP contribution in [0, 0.1) is 5.92 Å². The highest BCUT2D eigenvalue weighted by atomic mass is 15.0. The third-order valence-electron chi connectivity index (χ3n) is 9.11. The molecule has 3 heterocycles. The molecular weight excluding hydrogens is 571 g/mol. The van der Waals surface area contributed by atoms with E-state index in [1.54, 1.807) is 0 Å². The molecule has 3 heteroatoms. The molecule has 9 aromatic rings. The Morgan fingerprint density at radius 3 is 1.17 bits per heavy atom. The SMILES string of the molecule is CC(C)(C)n1c2ccc(-c3ccc4[nH]c5ccccc5c4c3)cc2c2cc(-c3ccc4[nH]c5ccccc5c4c3)ccc21.CC(C)C. The third-order valence-corrected chi connectivity index (χ3v) is 9.11. The van der Waals surface area contributed by atoms with Gasteiger partial charge in [-0.25, -0.2) is 0 Å². The summed E-state index contributed by atoms with van der Waals surface area (Å²) in [5.74, 6) is 0.833. The molecule has 0 aliphatic carbocycles. The van der Waals surface area contributed by atoms with Gasteiger partial charge in [-0.15, -0.1) is 0 Å². The van der Waals surface area contributed by atoms with Crippen molar-refractivity contribution in [3.63, 3.8) is 0 Å². The highest BCUT2D eigenvalue weighted by molar-refractivity contribution is 6.13. The second kappa shape index (κ2) is 10.9. The number of hydrogen-bond donors (Lipinski definition) is 2. The zero-order chi connectivity index (χ0) is 32.4. The predicted octanol–water partition coefficient (Wildman–Crippen LogP) is 12.8. The average molecular weight is 612 g/mol. The lowest BCUT2D eigenvalue weighted by molar-refractivity contribution is 0.423. The van der Waals surface area contributed by atoms with Gasteiger partial charge >= 0.3 is 0 Å². The van der Waals surface area contributed by atoms with Crippen LogP contribution in [0.5, 0.6) is 0 Å². The highest BCUT2D eigenvalue weighted by Gasteiger charge is 2.21. The highest BCUT2D eigenvalue weighted by Crippen LogP contribution is 2.40. The average Bonchev–Trinajstić information content (AvgIpc) is 3.72. The van der Waals surface area contributed by atoms with Crippen molar-refractivity contribution in [2.75, 3.05) is 0 Å². The number of para-hydroxylation sites is 2. The summed E-state index contributed by atoms with van der Waals surface area (Å²) in [6.45, 7) is 13.4. The van der Waals surface area contributed by atoms with Crippen molar-refractivity contribution in [1.82, 2.24) is 14.5 Å². The van der Waals surface area contributed by atoms with Gasteiger partial charge in [0.15, 0.2) is 0 Å². The quantitative estimate of drug-likeness (QED) is 0.195.